The van der Waals surface area contributed by atoms with Crippen LogP contribution >= 0.6 is 15.6 Å². The minimum absolute atomic E-state index is 0.0779. The molecule has 0 aromatic heterocycles. The van der Waals surface area contributed by atoms with Gasteiger partial charge in [-0.15, -0.1) is 0 Å². The highest BCUT2D eigenvalue weighted by atomic mass is 31.2. The SMILES string of the molecule is CC/C=C\C/C=C\C/C=C\C/C=C\CCCCCCCCC(=O)OCC(COP(=O)(O)OCC(O)COP(=O)(O)OCC(COC(=O)CCCCCCCC/C=C\C/C=C\C/C=C\C/C=C\CC)OC(=O)CCCCCCCCCCCCC)OC(=O)CCCCCCCCC/C=C\C/C=C\C/C=C\CC. The summed E-state index contributed by atoms with van der Waals surface area (Å²) < 4.78 is 68.7. The van der Waals surface area contributed by atoms with Crippen molar-refractivity contribution in [1.29, 1.82) is 0 Å². The zero-order valence-corrected chi connectivity index (χ0v) is 68.4. The molecule has 0 bridgehead atoms. The van der Waals surface area contributed by atoms with Gasteiger partial charge in [0.05, 0.1) is 26.4 Å². The molecule has 19 heteroatoms. The van der Waals surface area contributed by atoms with E-state index in [1.54, 1.807) is 0 Å². The summed E-state index contributed by atoms with van der Waals surface area (Å²) in [6.07, 6.45) is 88.5. The average Bonchev–Trinajstić information content (AvgIpc) is 0.919. The summed E-state index contributed by atoms with van der Waals surface area (Å²) in [7, 11) is -9.97. The van der Waals surface area contributed by atoms with Gasteiger partial charge in [0.15, 0.2) is 12.2 Å². The van der Waals surface area contributed by atoms with E-state index in [1.807, 2.05) is 0 Å². The first-order valence-corrected chi connectivity index (χ1v) is 44.4. The molecule has 5 unspecified atom stereocenters. The second-order valence-corrected chi connectivity index (χ2v) is 30.2. The summed E-state index contributed by atoms with van der Waals surface area (Å²) in [5, 5.41) is 10.7. The molecule has 0 heterocycles. The van der Waals surface area contributed by atoms with Gasteiger partial charge < -0.3 is 33.8 Å². The minimum atomic E-state index is -4.99. The van der Waals surface area contributed by atoms with Gasteiger partial charge in [0.2, 0.25) is 0 Å². The molecule has 0 saturated heterocycles. The Kier molecular flexibility index (Phi) is 74.8. The van der Waals surface area contributed by atoms with Crippen molar-refractivity contribution in [2.24, 2.45) is 0 Å². The van der Waals surface area contributed by atoms with Crippen LogP contribution in [0.1, 0.15) is 336 Å². The molecule has 0 aromatic carbocycles. The fourth-order valence-electron chi connectivity index (χ4n) is 10.9. The summed E-state index contributed by atoms with van der Waals surface area (Å²) in [5.74, 6) is -2.20. The van der Waals surface area contributed by atoms with Crippen LogP contribution in [0.25, 0.3) is 0 Å². The molecule has 0 saturated carbocycles. The number of carbonyl (C=O) groups excluding carboxylic acids is 4. The number of unbranched alkanes of at least 4 members (excludes halogenated alkanes) is 29. The average molecular weight is 1530 g/mol. The molecular formula is C87H148O17P2. The first-order chi connectivity index (χ1) is 51.7. The molecule has 0 aliphatic rings. The summed E-state index contributed by atoms with van der Waals surface area (Å²) >= 11 is 0. The van der Waals surface area contributed by atoms with E-state index < -0.39 is 97.5 Å². The van der Waals surface area contributed by atoms with E-state index in [0.717, 1.165) is 218 Å². The van der Waals surface area contributed by atoms with Gasteiger partial charge >= 0.3 is 39.5 Å². The van der Waals surface area contributed by atoms with Crippen LogP contribution in [-0.4, -0.2) is 96.7 Å². The molecule has 3 N–H and O–H groups in total. The molecule has 5 atom stereocenters. The Morgan fingerprint density at radius 2 is 0.491 bits per heavy atom. The Bertz CT molecular complexity index is 2530. The number of aliphatic hydroxyl groups excluding tert-OH is 1. The van der Waals surface area contributed by atoms with Crippen molar-refractivity contribution in [3.8, 4) is 0 Å². The second kappa shape index (κ2) is 78.3. The van der Waals surface area contributed by atoms with Crippen molar-refractivity contribution in [3.05, 3.63) is 134 Å². The summed E-state index contributed by atoms with van der Waals surface area (Å²) in [4.78, 5) is 73.1. The van der Waals surface area contributed by atoms with E-state index in [9.17, 15) is 43.2 Å². The van der Waals surface area contributed by atoms with Crippen molar-refractivity contribution < 1.29 is 80.2 Å². The monoisotopic (exact) mass is 1530 g/mol. The minimum Gasteiger partial charge on any atom is -0.462 e. The maximum Gasteiger partial charge on any atom is 0.472 e. The molecule has 0 aliphatic heterocycles. The predicted octanol–water partition coefficient (Wildman–Crippen LogP) is 24.4. The largest absolute Gasteiger partial charge is 0.472 e. The number of rotatable bonds is 77. The highest BCUT2D eigenvalue weighted by Gasteiger charge is 2.30. The normalized spacial score (nSPS) is 14.5. The second-order valence-electron chi connectivity index (χ2n) is 27.3. The molecule has 0 fully saturated rings. The zero-order chi connectivity index (χ0) is 77.4. The Balaban J connectivity index is 5.35. The quantitative estimate of drug-likeness (QED) is 0.0169. The lowest BCUT2D eigenvalue weighted by molar-refractivity contribution is -0.161. The number of allylic oxidation sites excluding steroid dienone is 22. The maximum atomic E-state index is 13.1. The van der Waals surface area contributed by atoms with Crippen LogP contribution in [0.5, 0.6) is 0 Å². The van der Waals surface area contributed by atoms with Crippen LogP contribution in [0.15, 0.2) is 134 Å². The van der Waals surface area contributed by atoms with Gasteiger partial charge in [-0.25, -0.2) is 9.13 Å². The number of hydrogen-bond acceptors (Lipinski definition) is 15. The Morgan fingerprint density at radius 3 is 0.755 bits per heavy atom. The summed E-state index contributed by atoms with van der Waals surface area (Å²) in [5.41, 5.74) is 0. The molecule has 608 valence electrons. The third-order valence-electron chi connectivity index (χ3n) is 17.1. The highest BCUT2D eigenvalue weighted by Crippen LogP contribution is 2.45. The van der Waals surface area contributed by atoms with Crippen molar-refractivity contribution in [2.45, 2.75) is 354 Å². The van der Waals surface area contributed by atoms with E-state index >= 15 is 0 Å². The summed E-state index contributed by atoms with van der Waals surface area (Å²) in [6.45, 7) is 4.52. The van der Waals surface area contributed by atoms with E-state index in [1.165, 1.54) is 38.5 Å². The van der Waals surface area contributed by atoms with Gasteiger partial charge in [-0.1, -0.05) is 309 Å². The van der Waals surface area contributed by atoms with Gasteiger partial charge in [0.1, 0.15) is 19.3 Å². The molecule has 0 rings (SSSR count). The molecule has 0 radical (unpaired) electrons. The molecular weight excluding hydrogens is 1380 g/mol. The van der Waals surface area contributed by atoms with Crippen LogP contribution in [0, 0.1) is 0 Å². The topological polar surface area (TPSA) is 237 Å². The molecule has 17 nitrogen and oxygen atoms in total. The van der Waals surface area contributed by atoms with E-state index in [-0.39, 0.29) is 25.7 Å². The van der Waals surface area contributed by atoms with Crippen LogP contribution in [0.3, 0.4) is 0 Å². The van der Waals surface area contributed by atoms with Gasteiger partial charge in [-0.2, -0.15) is 0 Å². The van der Waals surface area contributed by atoms with Gasteiger partial charge in [0, 0.05) is 25.7 Å². The number of hydrogen-bond donors (Lipinski definition) is 3. The smallest absolute Gasteiger partial charge is 0.462 e. The number of phosphoric ester groups is 2. The van der Waals surface area contributed by atoms with Crippen LogP contribution in [0.2, 0.25) is 0 Å². The van der Waals surface area contributed by atoms with Crippen molar-refractivity contribution in [3.63, 3.8) is 0 Å². The Labute approximate surface area is 644 Å². The van der Waals surface area contributed by atoms with Crippen LogP contribution < -0.4 is 0 Å². The third kappa shape index (κ3) is 77.4. The number of phosphoric acid groups is 2. The van der Waals surface area contributed by atoms with Gasteiger partial charge in [0.25, 0.3) is 0 Å². The fraction of sp³-hybridized carbons (Fsp3) is 0.701. The molecule has 0 amide bonds. The van der Waals surface area contributed by atoms with Crippen LogP contribution in [0.4, 0.5) is 0 Å². The fourth-order valence-corrected chi connectivity index (χ4v) is 12.5. The van der Waals surface area contributed by atoms with Gasteiger partial charge in [-0.3, -0.25) is 37.3 Å². The van der Waals surface area contributed by atoms with E-state index in [0.29, 0.717) is 25.7 Å². The number of ether oxygens (including phenoxy) is 4. The predicted molar refractivity (Wildman–Crippen MR) is 436 cm³/mol. The lowest BCUT2D eigenvalue weighted by atomic mass is 10.1. The lowest BCUT2D eigenvalue weighted by Gasteiger charge is -2.21. The summed E-state index contributed by atoms with van der Waals surface area (Å²) in [6, 6.07) is 0. The highest BCUT2D eigenvalue weighted by molar-refractivity contribution is 7.47. The standard InChI is InChI=1S/C87H148O17P2/c1-5-9-13-17-21-25-29-32-35-38-40-43-45-48-52-55-59-63-67-71-84(89)97-77-82(103-86(91)73-69-65-61-57-51-28-24-20-16-12-8-4)79-101-105(93,94)99-75-81(88)76-100-106(95,96)102-80-83(104-87(92)74-70-66-62-58-54-50-47-42-37-34-31-27-23-19-15-11-7-3)78-98-85(90)72-68-64-60-56-53-49-46-44-41-39-36-33-30-26-22-18-14-10-6-2/h9-11,13-15,21-23,25-27,32-37,40-41,43-44,81-83,88H,5-8,12,16-20,24,28-31,38-39,42,45-80H2,1-4H3,(H,93,94)(H,95,96)/b13-9-,14-10-,15-11-,25-21-,26-22-,27-23-,35-32-,36-33-,37-34-,43-40-,44-41-. The van der Waals surface area contributed by atoms with Crippen molar-refractivity contribution in [2.75, 3.05) is 39.6 Å². The number of esters is 4. The number of aliphatic hydroxyl groups is 1. The van der Waals surface area contributed by atoms with E-state index in [4.69, 9.17) is 37.0 Å². The first-order valence-electron chi connectivity index (χ1n) is 41.4. The maximum absolute atomic E-state index is 13.1. The Morgan fingerprint density at radius 1 is 0.274 bits per heavy atom. The van der Waals surface area contributed by atoms with Crippen molar-refractivity contribution >= 4 is 39.5 Å². The first kappa shape index (κ1) is 101. The van der Waals surface area contributed by atoms with Crippen molar-refractivity contribution in [1.82, 2.24) is 0 Å². The molecule has 0 aliphatic carbocycles. The molecule has 0 aromatic rings. The van der Waals surface area contributed by atoms with Crippen LogP contribution in [-0.2, 0) is 65.4 Å². The third-order valence-corrected chi connectivity index (χ3v) is 19.0. The zero-order valence-electron chi connectivity index (χ0n) is 66.6. The molecule has 106 heavy (non-hydrogen) atoms. The van der Waals surface area contributed by atoms with E-state index in [2.05, 4.69) is 161 Å². The van der Waals surface area contributed by atoms with Gasteiger partial charge in [-0.05, 0) is 135 Å². The lowest BCUT2D eigenvalue weighted by Crippen LogP contribution is -2.30. The number of carbonyl (C=O) groups is 4. The Hall–Kier alpha value is -4.80. The molecule has 0 spiro atoms.